The summed E-state index contributed by atoms with van der Waals surface area (Å²) in [6, 6.07) is 9.39. The minimum atomic E-state index is -0.581. The van der Waals surface area contributed by atoms with E-state index in [1.165, 1.54) is 14.1 Å². The summed E-state index contributed by atoms with van der Waals surface area (Å²) in [5.41, 5.74) is -0.645. The molecule has 1 aliphatic rings. The van der Waals surface area contributed by atoms with E-state index in [1.807, 2.05) is 6.07 Å². The van der Waals surface area contributed by atoms with Crippen LogP contribution in [0.25, 0.3) is 0 Å². The van der Waals surface area contributed by atoms with Gasteiger partial charge in [-0.3, -0.25) is 18.7 Å². The minimum absolute atomic E-state index is 0.0317. The van der Waals surface area contributed by atoms with Gasteiger partial charge in [0.1, 0.15) is 17.5 Å². The molecule has 2 aromatic rings. The number of aromatic nitrogens is 2. The van der Waals surface area contributed by atoms with Crippen molar-refractivity contribution in [2.24, 2.45) is 14.1 Å². The first-order valence-electron chi connectivity index (χ1n) is 8.73. The van der Waals surface area contributed by atoms with Crippen LogP contribution in [0, 0.1) is 11.3 Å². The SMILES string of the molecule is Cn1c(C(=O)N[C@@H]2COCC[C@H]2Oc2ccc(C#N)cc2)cc(=O)n(C)c1=O. The zero-order valence-electron chi connectivity index (χ0n) is 15.5. The highest BCUT2D eigenvalue weighted by Gasteiger charge is 2.30. The molecule has 2 heterocycles. The number of nitrogens with zero attached hydrogens (tertiary/aromatic N) is 3. The van der Waals surface area contributed by atoms with Crippen LogP contribution in [-0.4, -0.2) is 40.4 Å². The second-order valence-corrected chi connectivity index (χ2v) is 6.50. The molecule has 9 nitrogen and oxygen atoms in total. The van der Waals surface area contributed by atoms with Gasteiger partial charge in [0.2, 0.25) is 0 Å². The summed E-state index contributed by atoms with van der Waals surface area (Å²) in [7, 11) is 2.78. The van der Waals surface area contributed by atoms with Crippen LogP contribution >= 0.6 is 0 Å². The summed E-state index contributed by atoms with van der Waals surface area (Å²) in [5, 5.41) is 11.7. The molecule has 0 unspecified atom stereocenters. The molecule has 1 N–H and O–H groups in total. The molecule has 28 heavy (non-hydrogen) atoms. The molecule has 1 aliphatic heterocycles. The Bertz CT molecular complexity index is 1030. The number of benzene rings is 1. The monoisotopic (exact) mass is 384 g/mol. The Morgan fingerprint density at radius 3 is 2.64 bits per heavy atom. The van der Waals surface area contributed by atoms with Crippen molar-refractivity contribution < 1.29 is 14.3 Å². The Morgan fingerprint density at radius 2 is 1.96 bits per heavy atom. The highest BCUT2D eigenvalue weighted by Crippen LogP contribution is 2.19. The maximum Gasteiger partial charge on any atom is 0.331 e. The molecular formula is C19H20N4O5. The van der Waals surface area contributed by atoms with Gasteiger partial charge in [0.15, 0.2) is 0 Å². The predicted octanol–water partition coefficient (Wildman–Crippen LogP) is -0.0780. The molecule has 1 saturated heterocycles. The van der Waals surface area contributed by atoms with E-state index in [-0.39, 0.29) is 18.4 Å². The lowest BCUT2D eigenvalue weighted by atomic mass is 10.1. The van der Waals surface area contributed by atoms with Crippen molar-refractivity contribution >= 4 is 5.91 Å². The van der Waals surface area contributed by atoms with Gasteiger partial charge in [0, 0.05) is 26.6 Å². The van der Waals surface area contributed by atoms with E-state index >= 15 is 0 Å². The summed E-state index contributed by atoms with van der Waals surface area (Å²) in [4.78, 5) is 36.6. The van der Waals surface area contributed by atoms with Gasteiger partial charge in [-0.05, 0) is 24.3 Å². The number of hydrogen-bond acceptors (Lipinski definition) is 6. The smallest absolute Gasteiger partial charge is 0.331 e. The summed E-state index contributed by atoms with van der Waals surface area (Å²) < 4.78 is 13.5. The fourth-order valence-corrected chi connectivity index (χ4v) is 2.97. The van der Waals surface area contributed by atoms with Gasteiger partial charge < -0.3 is 14.8 Å². The van der Waals surface area contributed by atoms with Crippen molar-refractivity contribution in [1.82, 2.24) is 14.5 Å². The Kier molecular flexibility index (Phi) is 5.61. The molecule has 1 aromatic heterocycles. The quantitative estimate of drug-likeness (QED) is 0.789. The zero-order valence-corrected chi connectivity index (χ0v) is 15.5. The molecule has 1 fully saturated rings. The molecule has 9 heteroatoms. The summed E-state index contributed by atoms with van der Waals surface area (Å²) in [6.07, 6.45) is 0.203. The highest BCUT2D eigenvalue weighted by atomic mass is 16.5. The average molecular weight is 384 g/mol. The first-order valence-corrected chi connectivity index (χ1v) is 8.73. The van der Waals surface area contributed by atoms with E-state index in [9.17, 15) is 14.4 Å². The maximum absolute atomic E-state index is 12.7. The molecular weight excluding hydrogens is 364 g/mol. The van der Waals surface area contributed by atoms with Crippen molar-refractivity contribution in [3.63, 3.8) is 0 Å². The molecule has 0 spiro atoms. The van der Waals surface area contributed by atoms with E-state index in [2.05, 4.69) is 5.32 Å². The van der Waals surface area contributed by atoms with Crippen LogP contribution in [0.3, 0.4) is 0 Å². The molecule has 3 rings (SSSR count). The summed E-state index contributed by atoms with van der Waals surface area (Å²) in [5.74, 6) is 0.0207. The van der Waals surface area contributed by atoms with Crippen LogP contribution in [0.2, 0.25) is 0 Å². The first kappa shape index (κ1) is 19.4. The Balaban J connectivity index is 1.77. The van der Waals surface area contributed by atoms with Gasteiger partial charge in [-0.25, -0.2) is 4.79 Å². The lowest BCUT2D eigenvalue weighted by Crippen LogP contribution is -2.53. The standard InChI is InChI=1S/C19H20N4O5/c1-22-15(9-17(24)23(2)19(22)26)18(25)21-14-11-27-8-7-16(14)28-13-5-3-12(10-20)4-6-13/h3-6,9,14,16H,7-8,11H2,1-2H3,(H,21,25)/t14-,16-/m1/s1. The molecule has 0 saturated carbocycles. The van der Waals surface area contributed by atoms with Crippen molar-refractivity contribution in [2.75, 3.05) is 13.2 Å². The lowest BCUT2D eigenvalue weighted by molar-refractivity contribution is -0.00301. The topological polar surface area (TPSA) is 115 Å². The number of nitrogens with one attached hydrogen (secondary N) is 1. The number of ether oxygens (including phenoxy) is 2. The molecule has 0 bridgehead atoms. The fraction of sp³-hybridized carbons (Fsp3) is 0.368. The van der Waals surface area contributed by atoms with E-state index < -0.39 is 23.2 Å². The minimum Gasteiger partial charge on any atom is -0.488 e. The van der Waals surface area contributed by atoms with Gasteiger partial charge in [0.05, 0.1) is 30.9 Å². The zero-order chi connectivity index (χ0) is 20.3. The number of carbonyl (C=O) groups excluding carboxylic acids is 1. The second-order valence-electron chi connectivity index (χ2n) is 6.50. The maximum atomic E-state index is 12.7. The number of rotatable bonds is 4. The normalized spacial score (nSPS) is 18.9. The van der Waals surface area contributed by atoms with Crippen LogP contribution in [0.4, 0.5) is 0 Å². The predicted molar refractivity (Wildman–Crippen MR) is 99.2 cm³/mol. The first-order chi connectivity index (χ1) is 13.4. The number of nitriles is 1. The van der Waals surface area contributed by atoms with Crippen molar-refractivity contribution in [2.45, 2.75) is 18.6 Å². The molecule has 1 amide bonds. The molecule has 1 aromatic carbocycles. The molecule has 0 radical (unpaired) electrons. The van der Waals surface area contributed by atoms with Gasteiger partial charge >= 0.3 is 5.69 Å². The molecule has 0 aliphatic carbocycles. The van der Waals surface area contributed by atoms with Crippen LogP contribution in [-0.2, 0) is 18.8 Å². The fourth-order valence-electron chi connectivity index (χ4n) is 2.97. The van der Waals surface area contributed by atoms with Crippen LogP contribution in [0.15, 0.2) is 39.9 Å². The van der Waals surface area contributed by atoms with Gasteiger partial charge in [-0.1, -0.05) is 0 Å². The summed E-state index contributed by atoms with van der Waals surface area (Å²) in [6.45, 7) is 0.725. The third kappa shape index (κ3) is 3.97. The highest BCUT2D eigenvalue weighted by molar-refractivity contribution is 5.92. The van der Waals surface area contributed by atoms with Crippen molar-refractivity contribution in [3.8, 4) is 11.8 Å². The number of hydrogen-bond donors (Lipinski definition) is 1. The second kappa shape index (κ2) is 8.10. The Morgan fingerprint density at radius 1 is 1.25 bits per heavy atom. The summed E-state index contributed by atoms with van der Waals surface area (Å²) >= 11 is 0. The van der Waals surface area contributed by atoms with Crippen molar-refractivity contribution in [1.29, 1.82) is 5.26 Å². The van der Waals surface area contributed by atoms with Crippen LogP contribution in [0.5, 0.6) is 5.75 Å². The number of carbonyl (C=O) groups is 1. The third-order valence-electron chi connectivity index (χ3n) is 4.64. The van der Waals surface area contributed by atoms with Gasteiger partial charge in [-0.15, -0.1) is 0 Å². The van der Waals surface area contributed by atoms with E-state index in [4.69, 9.17) is 14.7 Å². The Labute approximate surface area is 160 Å². The van der Waals surface area contributed by atoms with Gasteiger partial charge in [0.25, 0.3) is 11.5 Å². The van der Waals surface area contributed by atoms with E-state index in [0.29, 0.717) is 24.3 Å². The Hall–Kier alpha value is -3.38. The third-order valence-corrected chi connectivity index (χ3v) is 4.64. The lowest BCUT2D eigenvalue weighted by Gasteiger charge is -2.32. The molecule has 2 atom stereocenters. The van der Waals surface area contributed by atoms with E-state index in [0.717, 1.165) is 15.2 Å². The van der Waals surface area contributed by atoms with Crippen molar-refractivity contribution in [3.05, 3.63) is 62.4 Å². The van der Waals surface area contributed by atoms with Crippen LogP contribution < -0.4 is 21.3 Å². The van der Waals surface area contributed by atoms with Crippen LogP contribution in [0.1, 0.15) is 22.5 Å². The average Bonchev–Trinajstić information content (AvgIpc) is 2.71. The largest absolute Gasteiger partial charge is 0.488 e. The number of amides is 1. The van der Waals surface area contributed by atoms with Gasteiger partial charge in [-0.2, -0.15) is 5.26 Å². The van der Waals surface area contributed by atoms with E-state index in [1.54, 1.807) is 24.3 Å². The molecule has 146 valence electrons.